The second-order valence-corrected chi connectivity index (χ2v) is 18.5. The predicted molar refractivity (Wildman–Crippen MR) is 224 cm³/mol. The van der Waals surface area contributed by atoms with Crippen LogP contribution in [0.25, 0.3) is 33.3 Å². The normalized spacial score (nSPS) is 21.9. The first kappa shape index (κ1) is 39.7. The summed E-state index contributed by atoms with van der Waals surface area (Å²) in [5, 5.41) is 14.4. The molecule has 1 N–H and O–H groups in total. The van der Waals surface area contributed by atoms with E-state index in [9.17, 15) is 18.4 Å². The van der Waals surface area contributed by atoms with Crippen molar-refractivity contribution in [1.82, 2.24) is 48.3 Å². The molecule has 2 aromatic carbocycles. The van der Waals surface area contributed by atoms with Crippen LogP contribution in [-0.4, -0.2) is 78.9 Å². The number of hydrogen-bond donors (Lipinski definition) is 1. The lowest BCUT2D eigenvalue weighted by atomic mass is 9.83. The van der Waals surface area contributed by atoms with Gasteiger partial charge in [-0.15, -0.1) is 0 Å². The first-order chi connectivity index (χ1) is 30.1. The van der Waals surface area contributed by atoms with Gasteiger partial charge in [-0.3, -0.25) is 28.1 Å². The Kier molecular flexibility index (Phi) is 8.76. The summed E-state index contributed by atoms with van der Waals surface area (Å²) in [6, 6.07) is 10.4. The summed E-state index contributed by atoms with van der Waals surface area (Å²) in [5.41, 5.74) is 2.56. The van der Waals surface area contributed by atoms with Gasteiger partial charge in [0.15, 0.2) is 11.6 Å². The number of nitrogens with one attached hydrogen (secondary N) is 1. The van der Waals surface area contributed by atoms with Crippen LogP contribution < -0.4 is 11.4 Å². The molecule has 7 heterocycles. The zero-order valence-electron chi connectivity index (χ0n) is 35.4. The molecule has 2 aliphatic heterocycles. The summed E-state index contributed by atoms with van der Waals surface area (Å²) in [7, 11) is 1.71. The number of ether oxygens (including phenoxy) is 1. The van der Waals surface area contributed by atoms with E-state index in [1.54, 1.807) is 33.6 Å². The van der Waals surface area contributed by atoms with Crippen molar-refractivity contribution in [1.29, 1.82) is 0 Å². The monoisotopic (exact) mass is 864 g/mol. The molecule has 2 aliphatic carbocycles. The molecular weight excluding hydrogens is 818 g/mol. The molecule has 7 aromatic rings. The zero-order chi connectivity index (χ0) is 43.7. The minimum atomic E-state index is -2.80. The van der Waals surface area contributed by atoms with E-state index in [1.165, 1.54) is 27.6 Å². The lowest BCUT2D eigenvalue weighted by Gasteiger charge is -2.35. The maximum atomic E-state index is 16.0. The highest BCUT2D eigenvalue weighted by atomic mass is 19.3. The molecule has 1 amide bonds. The van der Waals surface area contributed by atoms with Gasteiger partial charge in [-0.1, -0.05) is 11.2 Å². The summed E-state index contributed by atoms with van der Waals surface area (Å²) in [6.07, 6.45) is 7.34. The Morgan fingerprint density at radius 1 is 0.968 bits per heavy atom. The van der Waals surface area contributed by atoms with E-state index in [4.69, 9.17) is 14.4 Å². The molecule has 11 rings (SSSR count). The Morgan fingerprint density at radius 2 is 1.73 bits per heavy atom. The molecular formula is C45H47F3N10O5. The minimum absolute atomic E-state index is 0.0281. The van der Waals surface area contributed by atoms with E-state index in [-0.39, 0.29) is 60.7 Å². The van der Waals surface area contributed by atoms with Gasteiger partial charge < -0.3 is 14.2 Å². The van der Waals surface area contributed by atoms with Crippen LogP contribution in [-0.2, 0) is 23.7 Å². The highest BCUT2D eigenvalue weighted by molar-refractivity contribution is 6.00. The number of amides is 1. The average molecular weight is 865 g/mol. The van der Waals surface area contributed by atoms with Gasteiger partial charge in [0.1, 0.15) is 17.1 Å². The third-order valence-electron chi connectivity index (χ3n) is 14.1. The van der Waals surface area contributed by atoms with Crippen molar-refractivity contribution >= 4 is 27.7 Å². The largest absolute Gasteiger partial charge is 0.438 e. The van der Waals surface area contributed by atoms with Crippen molar-refractivity contribution in [2.45, 2.75) is 114 Å². The number of aromatic amines is 1. The third-order valence-corrected chi connectivity index (χ3v) is 14.1. The Bertz CT molecular complexity index is 3090. The van der Waals surface area contributed by atoms with Gasteiger partial charge in [-0.25, -0.2) is 27.4 Å². The molecule has 15 nitrogen and oxygen atoms in total. The minimum Gasteiger partial charge on any atom is -0.376 e. The SMILES string of the molecule is C[C@H]1c2c(nn(C3CCC(F)(F)CC3)c2-n2ccn(-c3ccc4c(cnn4C)c3F)c2=O)CCN1C(=O)c1cc2cc([C@@H]3CCOC(C)(C)C3)ccc2n1C1(c2noc(=O)[nH]2)CC1. The quantitative estimate of drug-likeness (QED) is 0.176. The molecule has 5 aromatic heterocycles. The van der Waals surface area contributed by atoms with Crippen molar-refractivity contribution in [3.8, 4) is 11.5 Å². The van der Waals surface area contributed by atoms with Gasteiger partial charge in [0.25, 0.3) is 5.91 Å². The molecule has 4 aliphatic rings. The molecule has 0 spiro atoms. The number of alkyl halides is 2. The number of aryl methyl sites for hydroxylation is 1. The number of benzene rings is 2. The second kappa shape index (κ2) is 13.9. The van der Waals surface area contributed by atoms with Crippen LogP contribution in [0, 0.1) is 5.82 Å². The molecule has 18 heteroatoms. The molecule has 2 saturated carbocycles. The molecule has 63 heavy (non-hydrogen) atoms. The number of nitrogens with zero attached hydrogens (tertiary/aromatic N) is 9. The molecule has 0 bridgehead atoms. The first-order valence-electron chi connectivity index (χ1n) is 21.7. The van der Waals surface area contributed by atoms with Crippen LogP contribution in [0.3, 0.4) is 0 Å². The molecule has 328 valence electrons. The van der Waals surface area contributed by atoms with E-state index in [0.29, 0.717) is 60.0 Å². The Balaban J connectivity index is 1.02. The molecule has 0 unspecified atom stereocenters. The summed E-state index contributed by atoms with van der Waals surface area (Å²) >= 11 is 0. The fourth-order valence-corrected chi connectivity index (χ4v) is 10.7. The molecule has 0 radical (unpaired) electrons. The second-order valence-electron chi connectivity index (χ2n) is 18.5. The number of H-pyrrole nitrogens is 1. The topological polar surface area (TPSA) is 156 Å². The maximum absolute atomic E-state index is 16.0. The van der Waals surface area contributed by atoms with Gasteiger partial charge >= 0.3 is 11.4 Å². The summed E-state index contributed by atoms with van der Waals surface area (Å²) in [4.78, 5) is 46.7. The van der Waals surface area contributed by atoms with E-state index in [1.807, 2.05) is 23.6 Å². The number of carbonyl (C=O) groups is 1. The van der Waals surface area contributed by atoms with Gasteiger partial charge in [-0.2, -0.15) is 10.2 Å². The van der Waals surface area contributed by atoms with Gasteiger partial charge in [0.2, 0.25) is 5.92 Å². The average Bonchev–Trinajstić information content (AvgIpc) is 3.70. The van der Waals surface area contributed by atoms with Crippen molar-refractivity contribution in [2.75, 3.05) is 13.2 Å². The van der Waals surface area contributed by atoms with Crippen LogP contribution in [0.1, 0.15) is 123 Å². The van der Waals surface area contributed by atoms with E-state index < -0.39 is 40.8 Å². The smallest absolute Gasteiger partial charge is 0.376 e. The highest BCUT2D eigenvalue weighted by Gasteiger charge is 2.53. The van der Waals surface area contributed by atoms with Crippen LogP contribution in [0.4, 0.5) is 13.2 Å². The van der Waals surface area contributed by atoms with Crippen LogP contribution >= 0.6 is 0 Å². The number of fused-ring (bicyclic) bond motifs is 3. The summed E-state index contributed by atoms with van der Waals surface area (Å²) < 4.78 is 64.0. The summed E-state index contributed by atoms with van der Waals surface area (Å²) in [5.74, 6) is -3.41. The van der Waals surface area contributed by atoms with Crippen LogP contribution in [0.2, 0.25) is 0 Å². The number of rotatable bonds is 7. The number of halogens is 3. The summed E-state index contributed by atoms with van der Waals surface area (Å²) in [6.45, 7) is 7.03. The number of carbonyl (C=O) groups excluding carboxylic acids is 1. The van der Waals surface area contributed by atoms with Gasteiger partial charge in [-0.05, 0) is 101 Å². The Hall–Kier alpha value is -6.17. The number of imidazole rings is 1. The standard InChI is InChI=1S/C45H47F3N10O5/c1-25-36-31(51-58(29-9-13-45(47,48)14-10-29)38(36)56-19-18-55(42(56)61)34-8-7-33-30(37(34)46)24-49-53(33)4)11-17-54(25)39(59)35-22-28-21-26(27-12-20-62-43(2,3)23-27)5-6-32(28)57(35)44(15-16-44)40-50-41(60)63-52-40/h5-8,18-19,21-22,24-25,27,29H,9-17,20,23H2,1-4H3,(H,50,52,60)/t25-,27+/m0/s1. The Labute approximate surface area is 358 Å². The van der Waals surface area contributed by atoms with E-state index in [0.717, 1.165) is 29.3 Å². The van der Waals surface area contributed by atoms with E-state index in [2.05, 4.69) is 41.2 Å². The third kappa shape index (κ3) is 6.25. The van der Waals surface area contributed by atoms with Gasteiger partial charge in [0.05, 0.1) is 46.2 Å². The number of aromatic nitrogens is 9. The maximum Gasteiger partial charge on any atom is 0.438 e. The number of hydrogen-bond acceptors (Lipinski definition) is 8. The molecule has 2 atom stereocenters. The van der Waals surface area contributed by atoms with Crippen LogP contribution in [0.5, 0.6) is 0 Å². The fraction of sp³-hybridized carbons (Fsp3) is 0.467. The molecule has 3 fully saturated rings. The van der Waals surface area contributed by atoms with Crippen LogP contribution in [0.15, 0.2) is 69.1 Å². The van der Waals surface area contributed by atoms with Crippen molar-refractivity contribution in [2.24, 2.45) is 7.05 Å². The fourth-order valence-electron chi connectivity index (χ4n) is 10.7. The zero-order valence-corrected chi connectivity index (χ0v) is 35.4. The van der Waals surface area contributed by atoms with Gasteiger partial charge in [0, 0.05) is 68.3 Å². The predicted octanol–water partition coefficient (Wildman–Crippen LogP) is 7.20. The highest BCUT2D eigenvalue weighted by Crippen LogP contribution is 2.51. The lowest BCUT2D eigenvalue weighted by Crippen LogP contribution is -2.41. The molecule has 1 saturated heterocycles. The van der Waals surface area contributed by atoms with Crippen molar-refractivity contribution in [3.05, 3.63) is 110 Å². The first-order valence-corrected chi connectivity index (χ1v) is 21.7. The Morgan fingerprint density at radius 3 is 2.46 bits per heavy atom. The lowest BCUT2D eigenvalue weighted by molar-refractivity contribution is -0.0593. The van der Waals surface area contributed by atoms with E-state index >= 15 is 9.18 Å². The van der Waals surface area contributed by atoms with Crippen molar-refractivity contribution in [3.63, 3.8) is 0 Å². The van der Waals surface area contributed by atoms with Crippen molar-refractivity contribution < 1.29 is 27.2 Å².